The maximum atomic E-state index is 13.0. The van der Waals surface area contributed by atoms with E-state index in [1.54, 1.807) is 41.3 Å². The lowest BCUT2D eigenvalue weighted by Crippen LogP contribution is -2.36. The van der Waals surface area contributed by atoms with E-state index in [4.69, 9.17) is 0 Å². The maximum Gasteiger partial charge on any atom is 0.258 e. The van der Waals surface area contributed by atoms with Gasteiger partial charge in [0, 0.05) is 38.2 Å². The number of sulfonamides is 1. The summed E-state index contributed by atoms with van der Waals surface area (Å²) in [4.78, 5) is 34.6. The molecule has 0 radical (unpaired) electrons. The number of nitrogens with one attached hydrogen (secondary N) is 1. The van der Waals surface area contributed by atoms with Crippen molar-refractivity contribution in [3.63, 3.8) is 0 Å². The molecule has 2 aromatic carbocycles. The molecule has 1 aromatic heterocycles. The Labute approximate surface area is 199 Å². The van der Waals surface area contributed by atoms with Crippen LogP contribution in [-0.2, 0) is 27.7 Å². The molecule has 0 saturated heterocycles. The maximum absolute atomic E-state index is 13.0. The molecule has 0 aliphatic carbocycles. The second-order valence-corrected chi connectivity index (χ2v) is 10.4. The molecule has 9 heteroatoms. The van der Waals surface area contributed by atoms with Crippen LogP contribution in [0.3, 0.4) is 0 Å². The minimum atomic E-state index is -3.54. The van der Waals surface area contributed by atoms with Gasteiger partial charge in [0.15, 0.2) is 0 Å². The number of aromatic amines is 1. The molecule has 0 saturated carbocycles. The van der Waals surface area contributed by atoms with Crippen LogP contribution in [0, 0.1) is 0 Å². The number of H-pyrrole nitrogens is 1. The van der Waals surface area contributed by atoms with Crippen molar-refractivity contribution in [1.82, 2.24) is 14.3 Å². The highest BCUT2D eigenvalue weighted by Crippen LogP contribution is 2.31. The summed E-state index contributed by atoms with van der Waals surface area (Å²) in [6, 6.07) is 12.3. The van der Waals surface area contributed by atoms with E-state index in [-0.39, 0.29) is 16.4 Å². The van der Waals surface area contributed by atoms with Gasteiger partial charge >= 0.3 is 0 Å². The number of aryl methyl sites for hydroxylation is 2. The van der Waals surface area contributed by atoms with Crippen molar-refractivity contribution < 1.29 is 13.2 Å². The van der Waals surface area contributed by atoms with Crippen molar-refractivity contribution in [3.8, 4) is 0 Å². The van der Waals surface area contributed by atoms with Gasteiger partial charge in [-0.25, -0.2) is 13.4 Å². The standard InChI is InChI=1S/C25H30N4O4S/c1-3-28(4-2)34(32,33)19-14-15-22-18(17-19)9-8-16-29(22)24(30)13-7-12-23-26-21-11-6-5-10-20(21)25(31)27-23/h5-6,10-11,14-15,17H,3-4,7-9,12-13,16H2,1-2H3,(H,26,27,31). The molecule has 0 unspecified atom stereocenters. The quantitative estimate of drug-likeness (QED) is 0.531. The Bertz CT molecular complexity index is 1360. The first-order chi connectivity index (χ1) is 16.3. The number of anilines is 1. The molecule has 8 nitrogen and oxygen atoms in total. The molecule has 3 aromatic rings. The SMILES string of the molecule is CCN(CC)S(=O)(=O)c1ccc2c(c1)CCCN2C(=O)CCCc1nc2ccccc2c(=O)[nH]1. The number of carbonyl (C=O) groups is 1. The van der Waals surface area contributed by atoms with Crippen LogP contribution in [0.2, 0.25) is 0 Å². The first-order valence-corrected chi connectivity index (χ1v) is 13.2. The summed E-state index contributed by atoms with van der Waals surface area (Å²) in [6.45, 7) is 5.08. The average Bonchev–Trinajstić information content (AvgIpc) is 2.84. The van der Waals surface area contributed by atoms with Crippen molar-refractivity contribution in [2.75, 3.05) is 24.5 Å². The first-order valence-electron chi connectivity index (χ1n) is 11.8. The summed E-state index contributed by atoms with van der Waals surface area (Å²) < 4.78 is 27.2. The van der Waals surface area contributed by atoms with Gasteiger partial charge in [-0.15, -0.1) is 0 Å². The number of fused-ring (bicyclic) bond motifs is 2. The molecular formula is C25H30N4O4S. The number of aromatic nitrogens is 2. The fraction of sp³-hybridized carbons (Fsp3) is 0.400. The topological polar surface area (TPSA) is 103 Å². The Balaban J connectivity index is 1.46. The second kappa shape index (κ2) is 10.1. The van der Waals surface area contributed by atoms with Gasteiger partial charge in [0.25, 0.3) is 5.56 Å². The molecule has 0 atom stereocenters. The van der Waals surface area contributed by atoms with E-state index in [2.05, 4.69) is 9.97 Å². The largest absolute Gasteiger partial charge is 0.312 e. The predicted molar refractivity (Wildman–Crippen MR) is 133 cm³/mol. The minimum absolute atomic E-state index is 0.0107. The summed E-state index contributed by atoms with van der Waals surface area (Å²) in [5.41, 5.74) is 2.14. The fourth-order valence-electron chi connectivity index (χ4n) is 4.50. The molecule has 4 rings (SSSR count). The Morgan fingerprint density at radius 3 is 2.68 bits per heavy atom. The van der Waals surface area contributed by atoms with Crippen molar-refractivity contribution >= 4 is 32.5 Å². The summed E-state index contributed by atoms with van der Waals surface area (Å²) in [5.74, 6) is 0.560. The molecule has 1 amide bonds. The minimum Gasteiger partial charge on any atom is -0.312 e. The number of benzene rings is 2. The predicted octanol–water partition coefficient (Wildman–Crippen LogP) is 3.26. The highest BCUT2D eigenvalue weighted by atomic mass is 32.2. The normalized spacial score (nSPS) is 13.9. The van der Waals surface area contributed by atoms with Crippen LogP contribution in [0.1, 0.15) is 44.5 Å². The van der Waals surface area contributed by atoms with E-state index >= 15 is 0 Å². The van der Waals surface area contributed by atoms with E-state index in [9.17, 15) is 18.0 Å². The van der Waals surface area contributed by atoms with E-state index < -0.39 is 10.0 Å². The highest BCUT2D eigenvalue weighted by Gasteiger charge is 2.26. The zero-order chi connectivity index (χ0) is 24.3. The highest BCUT2D eigenvalue weighted by molar-refractivity contribution is 7.89. The van der Waals surface area contributed by atoms with Crippen LogP contribution < -0.4 is 10.5 Å². The molecule has 1 aliphatic rings. The number of hydrogen-bond donors (Lipinski definition) is 1. The van der Waals surface area contributed by atoms with Crippen molar-refractivity contribution in [3.05, 3.63) is 64.2 Å². The third-order valence-electron chi connectivity index (χ3n) is 6.28. The van der Waals surface area contributed by atoms with Crippen LogP contribution in [0.25, 0.3) is 10.9 Å². The number of nitrogens with zero attached hydrogens (tertiary/aromatic N) is 3. The molecule has 1 aliphatic heterocycles. The lowest BCUT2D eigenvalue weighted by molar-refractivity contribution is -0.118. The van der Waals surface area contributed by atoms with E-state index in [1.807, 2.05) is 19.9 Å². The summed E-state index contributed by atoms with van der Waals surface area (Å²) in [7, 11) is -3.54. The smallest absolute Gasteiger partial charge is 0.258 e. The lowest BCUT2D eigenvalue weighted by atomic mass is 10.0. The monoisotopic (exact) mass is 482 g/mol. The molecule has 0 fully saturated rings. The number of rotatable bonds is 8. The average molecular weight is 483 g/mol. The fourth-order valence-corrected chi connectivity index (χ4v) is 6.01. The van der Waals surface area contributed by atoms with Gasteiger partial charge < -0.3 is 9.88 Å². The lowest BCUT2D eigenvalue weighted by Gasteiger charge is -2.30. The Morgan fingerprint density at radius 2 is 1.91 bits per heavy atom. The molecular weight excluding hydrogens is 452 g/mol. The number of amides is 1. The Kier molecular flexibility index (Phi) is 7.13. The van der Waals surface area contributed by atoms with Crippen molar-refractivity contribution in [1.29, 1.82) is 0 Å². The molecule has 2 heterocycles. The zero-order valence-corrected chi connectivity index (χ0v) is 20.4. The number of hydrogen-bond acceptors (Lipinski definition) is 5. The van der Waals surface area contributed by atoms with Crippen LogP contribution in [0.5, 0.6) is 0 Å². The molecule has 34 heavy (non-hydrogen) atoms. The third-order valence-corrected chi connectivity index (χ3v) is 8.33. The van der Waals surface area contributed by atoms with E-state index in [0.717, 1.165) is 24.1 Å². The van der Waals surface area contributed by atoms with Crippen LogP contribution in [-0.4, -0.2) is 48.2 Å². The van der Waals surface area contributed by atoms with Gasteiger partial charge in [0.2, 0.25) is 15.9 Å². The Morgan fingerprint density at radius 1 is 1.15 bits per heavy atom. The Hall–Kier alpha value is -3.04. The van der Waals surface area contributed by atoms with Crippen molar-refractivity contribution in [2.45, 2.75) is 50.8 Å². The van der Waals surface area contributed by atoms with E-state index in [0.29, 0.717) is 55.6 Å². The van der Waals surface area contributed by atoms with Gasteiger partial charge in [-0.05, 0) is 55.2 Å². The summed E-state index contributed by atoms with van der Waals surface area (Å²) in [5, 5.41) is 0.551. The zero-order valence-electron chi connectivity index (χ0n) is 19.6. The first kappa shape index (κ1) is 24.1. The number of carbonyl (C=O) groups excluding carboxylic acids is 1. The van der Waals surface area contributed by atoms with Crippen molar-refractivity contribution in [2.24, 2.45) is 0 Å². The molecule has 0 spiro atoms. The van der Waals surface area contributed by atoms with E-state index in [1.165, 1.54) is 4.31 Å². The summed E-state index contributed by atoms with van der Waals surface area (Å²) >= 11 is 0. The molecule has 0 bridgehead atoms. The van der Waals surface area contributed by atoms with Gasteiger partial charge in [-0.3, -0.25) is 9.59 Å². The van der Waals surface area contributed by atoms with Gasteiger partial charge in [-0.2, -0.15) is 4.31 Å². The van der Waals surface area contributed by atoms with Crippen LogP contribution in [0.4, 0.5) is 5.69 Å². The molecule has 180 valence electrons. The van der Waals surface area contributed by atoms with Gasteiger partial charge in [0.1, 0.15) is 5.82 Å². The van der Waals surface area contributed by atoms with Crippen LogP contribution in [0.15, 0.2) is 52.2 Å². The van der Waals surface area contributed by atoms with Crippen LogP contribution >= 0.6 is 0 Å². The third kappa shape index (κ3) is 4.76. The number of para-hydroxylation sites is 1. The van der Waals surface area contributed by atoms with Gasteiger partial charge in [-0.1, -0.05) is 26.0 Å². The van der Waals surface area contributed by atoms with Gasteiger partial charge in [0.05, 0.1) is 15.8 Å². The summed E-state index contributed by atoms with van der Waals surface area (Å²) in [6.07, 6.45) is 2.89. The molecule has 1 N–H and O–H groups in total. The second-order valence-electron chi connectivity index (χ2n) is 8.41.